The first kappa shape index (κ1) is 14.8. The quantitative estimate of drug-likeness (QED) is 0.903. The molecule has 0 atom stereocenters. The van der Waals surface area contributed by atoms with Crippen molar-refractivity contribution in [2.45, 2.75) is 0 Å². The predicted octanol–water partition coefficient (Wildman–Crippen LogP) is 1.11. The maximum absolute atomic E-state index is 12.7. The lowest BCUT2D eigenvalue weighted by molar-refractivity contribution is -0.134. The zero-order chi connectivity index (χ0) is 15.2. The molecule has 0 saturated heterocycles. The highest BCUT2D eigenvalue weighted by Crippen LogP contribution is 2.10. The third-order valence-electron chi connectivity index (χ3n) is 2.72. The number of ether oxygens (including phenoxy) is 2. The van der Waals surface area contributed by atoms with Gasteiger partial charge in [-0.05, 0) is 24.3 Å². The summed E-state index contributed by atoms with van der Waals surface area (Å²) in [5.41, 5.74) is 0.457. The Balaban J connectivity index is 1.88. The van der Waals surface area contributed by atoms with Gasteiger partial charge in [0, 0.05) is 12.7 Å². The zero-order valence-electron chi connectivity index (χ0n) is 11.5. The Morgan fingerprint density at radius 1 is 1.29 bits per heavy atom. The van der Waals surface area contributed by atoms with Gasteiger partial charge in [-0.1, -0.05) is 0 Å². The molecular weight excluding hydrogens is 279 g/mol. The molecule has 0 unspecified atom stereocenters. The average Bonchev–Trinajstić information content (AvgIpc) is 2.49. The van der Waals surface area contributed by atoms with E-state index in [1.807, 2.05) is 0 Å². The summed E-state index contributed by atoms with van der Waals surface area (Å²) in [5, 5.41) is 2.57. The number of anilines is 1. The topological polar surface area (TPSA) is 67.9 Å². The van der Waals surface area contributed by atoms with E-state index in [2.05, 4.69) is 5.32 Å². The van der Waals surface area contributed by atoms with Gasteiger partial charge in [-0.15, -0.1) is 0 Å². The minimum absolute atomic E-state index is 0.0679. The number of amides is 2. The molecule has 0 aliphatic carbocycles. The van der Waals surface area contributed by atoms with Crippen LogP contribution in [0.25, 0.3) is 0 Å². The van der Waals surface area contributed by atoms with Crippen molar-refractivity contribution >= 4 is 17.5 Å². The summed E-state index contributed by atoms with van der Waals surface area (Å²) < 4.78 is 22.9. The molecule has 1 N–H and O–H groups in total. The lowest BCUT2D eigenvalue weighted by atomic mass is 10.3. The fourth-order valence-corrected chi connectivity index (χ4v) is 1.69. The van der Waals surface area contributed by atoms with Crippen LogP contribution in [0.3, 0.4) is 0 Å². The van der Waals surface area contributed by atoms with Gasteiger partial charge in [0.1, 0.15) is 25.3 Å². The standard InChI is InChI=1S/C14H15FN2O4/c1-17(14(19)12-9-20-6-7-21-12)8-13(18)16-11-4-2-10(15)3-5-11/h2-5,9H,6-8H2,1H3,(H,16,18). The molecule has 0 bridgehead atoms. The van der Waals surface area contributed by atoms with Gasteiger partial charge in [-0.3, -0.25) is 9.59 Å². The first-order chi connectivity index (χ1) is 10.1. The zero-order valence-corrected chi connectivity index (χ0v) is 11.5. The fourth-order valence-electron chi connectivity index (χ4n) is 1.69. The Bertz CT molecular complexity index is 557. The largest absolute Gasteiger partial charge is 0.494 e. The second-order valence-corrected chi connectivity index (χ2v) is 4.42. The van der Waals surface area contributed by atoms with E-state index in [1.165, 1.54) is 42.5 Å². The molecular formula is C14H15FN2O4. The first-order valence-corrected chi connectivity index (χ1v) is 6.32. The molecule has 0 saturated carbocycles. The van der Waals surface area contributed by atoms with Crippen LogP contribution in [0.4, 0.5) is 10.1 Å². The molecule has 2 amide bonds. The molecule has 0 aromatic heterocycles. The average molecular weight is 294 g/mol. The van der Waals surface area contributed by atoms with Crippen LogP contribution in [0.5, 0.6) is 0 Å². The Hall–Kier alpha value is -2.57. The van der Waals surface area contributed by atoms with Crippen LogP contribution < -0.4 is 5.32 Å². The molecule has 0 fully saturated rings. The Morgan fingerprint density at radius 2 is 2.00 bits per heavy atom. The Kier molecular flexibility index (Phi) is 4.76. The van der Waals surface area contributed by atoms with E-state index >= 15 is 0 Å². The number of benzene rings is 1. The van der Waals surface area contributed by atoms with E-state index in [1.54, 1.807) is 0 Å². The van der Waals surface area contributed by atoms with Crippen LogP contribution in [0.15, 0.2) is 36.3 Å². The van der Waals surface area contributed by atoms with Gasteiger partial charge >= 0.3 is 0 Å². The number of hydrogen-bond donors (Lipinski definition) is 1. The van der Waals surface area contributed by atoms with Gasteiger partial charge < -0.3 is 19.7 Å². The lowest BCUT2D eigenvalue weighted by Crippen LogP contribution is -2.37. The molecule has 0 spiro atoms. The van der Waals surface area contributed by atoms with Crippen molar-refractivity contribution in [2.24, 2.45) is 0 Å². The van der Waals surface area contributed by atoms with Crippen molar-refractivity contribution in [2.75, 3.05) is 32.1 Å². The summed E-state index contributed by atoms with van der Waals surface area (Å²) in [6.45, 7) is 0.537. The summed E-state index contributed by atoms with van der Waals surface area (Å²) in [6, 6.07) is 5.36. The molecule has 2 rings (SSSR count). The molecule has 1 aliphatic heterocycles. The van der Waals surface area contributed by atoms with Crippen molar-refractivity contribution in [3.8, 4) is 0 Å². The Morgan fingerprint density at radius 3 is 2.62 bits per heavy atom. The SMILES string of the molecule is CN(CC(=O)Nc1ccc(F)cc1)C(=O)C1=COCCO1. The molecule has 1 heterocycles. The monoisotopic (exact) mass is 294 g/mol. The number of rotatable bonds is 4. The van der Waals surface area contributed by atoms with Crippen LogP contribution in [0, 0.1) is 5.82 Å². The number of nitrogens with one attached hydrogen (secondary N) is 1. The van der Waals surface area contributed by atoms with E-state index in [0.29, 0.717) is 18.9 Å². The molecule has 21 heavy (non-hydrogen) atoms. The van der Waals surface area contributed by atoms with Gasteiger partial charge in [0.2, 0.25) is 11.7 Å². The molecule has 1 aromatic carbocycles. The molecule has 112 valence electrons. The van der Waals surface area contributed by atoms with Gasteiger partial charge in [0.15, 0.2) is 0 Å². The molecule has 7 heteroatoms. The summed E-state index contributed by atoms with van der Waals surface area (Å²) in [4.78, 5) is 25.0. The van der Waals surface area contributed by atoms with Crippen LogP contribution in [-0.4, -0.2) is 43.5 Å². The van der Waals surface area contributed by atoms with E-state index in [0.717, 1.165) is 0 Å². The number of likely N-dealkylation sites (N-methyl/N-ethyl adjacent to an activating group) is 1. The highest BCUT2D eigenvalue weighted by atomic mass is 19.1. The van der Waals surface area contributed by atoms with E-state index in [9.17, 15) is 14.0 Å². The summed E-state index contributed by atoms with van der Waals surface area (Å²) in [7, 11) is 1.48. The lowest BCUT2D eigenvalue weighted by Gasteiger charge is -2.20. The third-order valence-corrected chi connectivity index (χ3v) is 2.72. The number of carbonyl (C=O) groups excluding carboxylic acids is 2. The van der Waals surface area contributed by atoms with Crippen molar-refractivity contribution in [1.29, 1.82) is 0 Å². The van der Waals surface area contributed by atoms with Crippen LogP contribution in [0.2, 0.25) is 0 Å². The van der Waals surface area contributed by atoms with E-state index in [-0.39, 0.29) is 18.1 Å². The maximum atomic E-state index is 12.7. The van der Waals surface area contributed by atoms with Crippen molar-refractivity contribution < 1.29 is 23.5 Å². The van der Waals surface area contributed by atoms with Gasteiger partial charge in [0.25, 0.3) is 5.91 Å². The maximum Gasteiger partial charge on any atom is 0.292 e. The summed E-state index contributed by atoms with van der Waals surface area (Å²) in [5.74, 6) is -1.15. The van der Waals surface area contributed by atoms with Crippen molar-refractivity contribution in [3.05, 3.63) is 42.1 Å². The minimum Gasteiger partial charge on any atom is -0.494 e. The normalized spacial score (nSPS) is 13.5. The van der Waals surface area contributed by atoms with Gasteiger partial charge in [-0.2, -0.15) is 0 Å². The van der Waals surface area contributed by atoms with Crippen LogP contribution in [0.1, 0.15) is 0 Å². The number of halogens is 1. The predicted molar refractivity (Wildman–Crippen MR) is 72.7 cm³/mol. The van der Waals surface area contributed by atoms with Gasteiger partial charge in [0.05, 0.1) is 6.54 Å². The molecule has 0 radical (unpaired) electrons. The van der Waals surface area contributed by atoms with Crippen molar-refractivity contribution in [3.63, 3.8) is 0 Å². The summed E-state index contributed by atoms with van der Waals surface area (Å²) in [6.07, 6.45) is 1.24. The molecule has 1 aliphatic rings. The van der Waals surface area contributed by atoms with Crippen LogP contribution >= 0.6 is 0 Å². The molecule has 6 nitrogen and oxygen atoms in total. The fraction of sp³-hybridized carbons (Fsp3) is 0.286. The Labute approximate surface area is 121 Å². The second-order valence-electron chi connectivity index (χ2n) is 4.42. The first-order valence-electron chi connectivity index (χ1n) is 6.32. The number of nitrogens with zero attached hydrogens (tertiary/aromatic N) is 1. The highest BCUT2D eigenvalue weighted by Gasteiger charge is 2.21. The minimum atomic E-state index is -0.441. The third kappa shape index (κ3) is 4.20. The summed E-state index contributed by atoms with van der Waals surface area (Å²) >= 11 is 0. The number of carbonyl (C=O) groups is 2. The van der Waals surface area contributed by atoms with Crippen molar-refractivity contribution in [1.82, 2.24) is 4.90 Å². The van der Waals surface area contributed by atoms with E-state index in [4.69, 9.17) is 9.47 Å². The van der Waals surface area contributed by atoms with Gasteiger partial charge in [-0.25, -0.2) is 4.39 Å². The smallest absolute Gasteiger partial charge is 0.292 e. The van der Waals surface area contributed by atoms with E-state index < -0.39 is 11.8 Å². The highest BCUT2D eigenvalue weighted by molar-refractivity contribution is 5.97. The number of hydrogen-bond acceptors (Lipinski definition) is 4. The molecule has 1 aromatic rings. The van der Waals surface area contributed by atoms with Crippen LogP contribution in [-0.2, 0) is 19.1 Å². The second kappa shape index (κ2) is 6.74.